The Morgan fingerprint density at radius 1 is 0.828 bits per heavy atom. The van der Waals surface area contributed by atoms with Crippen molar-refractivity contribution in [2.24, 2.45) is 0 Å². The zero-order valence-electron chi connectivity index (χ0n) is 15.8. The summed E-state index contributed by atoms with van der Waals surface area (Å²) in [5, 5.41) is 0. The first-order valence-electron chi connectivity index (χ1n) is 8.30. The summed E-state index contributed by atoms with van der Waals surface area (Å²) in [6.45, 7) is 3.35. The largest absolute Gasteiger partial charge is 0.457 e. The molecular weight excluding hydrogens is 448 g/mol. The Bertz CT molecular complexity index is 930. The van der Waals surface area contributed by atoms with E-state index in [-0.39, 0.29) is 29.4 Å². The molecular formula is C20H17BrO8. The predicted octanol–water partition coefficient (Wildman–Crippen LogP) is 3.58. The van der Waals surface area contributed by atoms with Gasteiger partial charge in [0.25, 0.3) is 0 Å². The summed E-state index contributed by atoms with van der Waals surface area (Å²) in [5.41, 5.74) is 0.674. The molecule has 2 aromatic rings. The Kier molecular flexibility index (Phi) is 7.49. The Labute approximate surface area is 174 Å². The van der Waals surface area contributed by atoms with Gasteiger partial charge in [0.05, 0.1) is 5.56 Å². The molecule has 0 spiro atoms. The van der Waals surface area contributed by atoms with Crippen molar-refractivity contribution in [1.82, 2.24) is 0 Å². The van der Waals surface area contributed by atoms with Gasteiger partial charge < -0.3 is 18.9 Å². The number of benzene rings is 2. The van der Waals surface area contributed by atoms with Crippen LogP contribution in [0.15, 0.2) is 40.9 Å². The number of rotatable bonds is 6. The van der Waals surface area contributed by atoms with Crippen LogP contribution in [0.3, 0.4) is 0 Å². The van der Waals surface area contributed by atoms with Gasteiger partial charge in [-0.1, -0.05) is 28.1 Å². The monoisotopic (exact) mass is 464 g/mol. The SMILES string of the molecule is CC(=O)Oc1cc(C(=O)OCc2cccc(Br)c2)cc(OC(C)=O)c1OC(C)=O. The lowest BCUT2D eigenvalue weighted by Crippen LogP contribution is -2.13. The zero-order chi connectivity index (χ0) is 21.6. The second kappa shape index (κ2) is 9.83. The highest BCUT2D eigenvalue weighted by Gasteiger charge is 2.23. The maximum Gasteiger partial charge on any atom is 0.338 e. The molecule has 0 heterocycles. The highest BCUT2D eigenvalue weighted by molar-refractivity contribution is 9.10. The van der Waals surface area contributed by atoms with Gasteiger partial charge in [0, 0.05) is 25.2 Å². The lowest BCUT2D eigenvalue weighted by Gasteiger charge is -2.14. The number of hydrogen-bond donors (Lipinski definition) is 0. The molecule has 0 aliphatic heterocycles. The minimum absolute atomic E-state index is 0.0181. The maximum absolute atomic E-state index is 12.5. The third-order valence-corrected chi connectivity index (χ3v) is 3.76. The van der Waals surface area contributed by atoms with E-state index < -0.39 is 23.9 Å². The molecule has 0 saturated heterocycles. The Hall–Kier alpha value is -3.20. The molecule has 0 unspecified atom stereocenters. The highest BCUT2D eigenvalue weighted by atomic mass is 79.9. The number of halogens is 1. The first-order valence-corrected chi connectivity index (χ1v) is 9.10. The average molecular weight is 465 g/mol. The van der Waals surface area contributed by atoms with Crippen molar-refractivity contribution in [3.05, 3.63) is 52.0 Å². The van der Waals surface area contributed by atoms with E-state index in [0.717, 1.165) is 42.9 Å². The van der Waals surface area contributed by atoms with E-state index in [1.807, 2.05) is 6.07 Å². The standard InChI is InChI=1S/C20H17BrO8/c1-11(22)27-17-8-15(9-18(28-12(2)23)19(17)29-13(3)24)20(25)26-10-14-5-4-6-16(21)7-14/h4-9H,10H2,1-3H3. The van der Waals surface area contributed by atoms with E-state index in [0.29, 0.717) is 0 Å². The van der Waals surface area contributed by atoms with E-state index in [4.69, 9.17) is 18.9 Å². The van der Waals surface area contributed by atoms with Crippen molar-refractivity contribution in [1.29, 1.82) is 0 Å². The van der Waals surface area contributed by atoms with Gasteiger partial charge in [-0.3, -0.25) is 14.4 Å². The van der Waals surface area contributed by atoms with Crippen LogP contribution in [0.25, 0.3) is 0 Å². The Morgan fingerprint density at radius 2 is 1.38 bits per heavy atom. The fourth-order valence-corrected chi connectivity index (χ4v) is 2.71. The molecule has 0 aliphatic carbocycles. The highest BCUT2D eigenvalue weighted by Crippen LogP contribution is 2.39. The average Bonchev–Trinajstić information content (AvgIpc) is 2.61. The molecule has 152 valence electrons. The summed E-state index contributed by atoms with van der Waals surface area (Å²) < 4.78 is 21.1. The third-order valence-electron chi connectivity index (χ3n) is 3.27. The van der Waals surface area contributed by atoms with Crippen LogP contribution in [-0.2, 0) is 25.7 Å². The molecule has 0 aliphatic rings. The lowest BCUT2D eigenvalue weighted by atomic mass is 10.1. The summed E-state index contributed by atoms with van der Waals surface area (Å²) in [5.74, 6) is -3.79. The van der Waals surface area contributed by atoms with Gasteiger partial charge in [-0.2, -0.15) is 0 Å². The topological polar surface area (TPSA) is 105 Å². The van der Waals surface area contributed by atoms with Gasteiger partial charge >= 0.3 is 23.9 Å². The van der Waals surface area contributed by atoms with Crippen molar-refractivity contribution in [2.45, 2.75) is 27.4 Å². The minimum atomic E-state index is -0.763. The van der Waals surface area contributed by atoms with Crippen LogP contribution in [0.2, 0.25) is 0 Å². The first kappa shape index (κ1) is 22.1. The molecule has 9 heteroatoms. The van der Waals surface area contributed by atoms with Crippen LogP contribution in [0.5, 0.6) is 17.2 Å². The number of hydrogen-bond acceptors (Lipinski definition) is 8. The summed E-state index contributed by atoms with van der Waals surface area (Å²) in [6, 6.07) is 9.50. The van der Waals surface area contributed by atoms with Gasteiger partial charge in [-0.25, -0.2) is 4.79 Å². The van der Waals surface area contributed by atoms with Crippen LogP contribution in [0, 0.1) is 0 Å². The van der Waals surface area contributed by atoms with Crippen LogP contribution in [0.1, 0.15) is 36.7 Å². The van der Waals surface area contributed by atoms with Crippen molar-refractivity contribution in [3.8, 4) is 17.2 Å². The van der Waals surface area contributed by atoms with Crippen molar-refractivity contribution in [2.75, 3.05) is 0 Å². The zero-order valence-corrected chi connectivity index (χ0v) is 17.4. The Balaban J connectivity index is 2.38. The normalized spacial score (nSPS) is 10.1. The van der Waals surface area contributed by atoms with E-state index in [2.05, 4.69) is 15.9 Å². The second-order valence-electron chi connectivity index (χ2n) is 5.79. The fraction of sp³-hybridized carbons (Fsp3) is 0.200. The van der Waals surface area contributed by atoms with Crippen LogP contribution < -0.4 is 14.2 Å². The predicted molar refractivity (Wildman–Crippen MR) is 104 cm³/mol. The van der Waals surface area contributed by atoms with Gasteiger partial charge in [-0.05, 0) is 29.8 Å². The molecule has 29 heavy (non-hydrogen) atoms. The number of carbonyl (C=O) groups excluding carboxylic acids is 4. The Morgan fingerprint density at radius 3 is 1.86 bits per heavy atom. The number of ether oxygens (including phenoxy) is 4. The molecule has 0 saturated carbocycles. The molecule has 0 bridgehead atoms. The molecule has 0 N–H and O–H groups in total. The minimum Gasteiger partial charge on any atom is -0.457 e. The fourth-order valence-electron chi connectivity index (χ4n) is 2.26. The summed E-state index contributed by atoms with van der Waals surface area (Å²) in [6.07, 6.45) is 0. The van der Waals surface area contributed by atoms with Crippen LogP contribution in [0.4, 0.5) is 0 Å². The number of carbonyl (C=O) groups is 4. The van der Waals surface area contributed by atoms with Crippen LogP contribution in [-0.4, -0.2) is 23.9 Å². The molecule has 8 nitrogen and oxygen atoms in total. The molecule has 0 atom stereocenters. The lowest BCUT2D eigenvalue weighted by molar-refractivity contribution is -0.135. The van der Waals surface area contributed by atoms with Crippen molar-refractivity contribution in [3.63, 3.8) is 0 Å². The molecule has 0 fully saturated rings. The molecule has 2 aromatic carbocycles. The molecule has 0 radical (unpaired) electrons. The summed E-state index contributed by atoms with van der Waals surface area (Å²) >= 11 is 3.33. The van der Waals surface area contributed by atoms with E-state index in [1.165, 1.54) is 0 Å². The quantitative estimate of drug-likeness (QED) is 0.471. The molecule has 2 rings (SSSR count). The third kappa shape index (κ3) is 6.72. The van der Waals surface area contributed by atoms with Gasteiger partial charge in [0.2, 0.25) is 5.75 Å². The van der Waals surface area contributed by atoms with E-state index >= 15 is 0 Å². The van der Waals surface area contributed by atoms with E-state index in [1.54, 1.807) is 18.2 Å². The maximum atomic E-state index is 12.5. The van der Waals surface area contributed by atoms with E-state index in [9.17, 15) is 19.2 Å². The van der Waals surface area contributed by atoms with Gasteiger partial charge in [0.15, 0.2) is 11.5 Å². The summed E-state index contributed by atoms with van der Waals surface area (Å²) in [4.78, 5) is 46.7. The van der Waals surface area contributed by atoms with Crippen molar-refractivity contribution < 1.29 is 38.1 Å². The summed E-state index contributed by atoms with van der Waals surface area (Å²) in [7, 11) is 0. The smallest absolute Gasteiger partial charge is 0.338 e. The number of esters is 4. The molecule has 0 amide bonds. The van der Waals surface area contributed by atoms with Gasteiger partial charge in [-0.15, -0.1) is 0 Å². The second-order valence-corrected chi connectivity index (χ2v) is 6.70. The van der Waals surface area contributed by atoms with Gasteiger partial charge in [0.1, 0.15) is 6.61 Å². The first-order chi connectivity index (χ1) is 13.7. The van der Waals surface area contributed by atoms with Crippen molar-refractivity contribution >= 4 is 39.8 Å². The molecule has 0 aromatic heterocycles. The van der Waals surface area contributed by atoms with Crippen LogP contribution >= 0.6 is 15.9 Å².